The number of thiazole rings is 1. The van der Waals surface area contributed by atoms with Crippen LogP contribution in [0.5, 0.6) is 11.5 Å². The molecule has 1 aromatic heterocycles. The van der Waals surface area contributed by atoms with Crippen LogP contribution in [0.15, 0.2) is 48.0 Å². The molecule has 0 spiro atoms. The number of nitrogens with zero attached hydrogens (tertiary/aromatic N) is 2. The third-order valence-electron chi connectivity index (χ3n) is 3.77. The van der Waals surface area contributed by atoms with Crippen LogP contribution in [0.1, 0.15) is 5.01 Å². The minimum absolute atomic E-state index is 0.224. The summed E-state index contributed by atoms with van der Waals surface area (Å²) in [6, 6.07) is 12.9. The van der Waals surface area contributed by atoms with Crippen molar-refractivity contribution in [1.29, 1.82) is 5.26 Å². The molecule has 4 rings (SSSR count). The number of nitrogens with one attached hydrogen (secondary N) is 1. The van der Waals surface area contributed by atoms with Crippen LogP contribution in [-0.4, -0.2) is 11.8 Å². The number of hydrogen-bond acceptors (Lipinski definition) is 6. The van der Waals surface area contributed by atoms with Gasteiger partial charge in [0.1, 0.15) is 16.6 Å². The van der Waals surface area contributed by atoms with Crippen molar-refractivity contribution in [1.82, 2.24) is 4.98 Å². The van der Waals surface area contributed by atoms with Gasteiger partial charge in [-0.1, -0.05) is 23.2 Å². The number of halogens is 2. The maximum atomic E-state index is 9.49. The molecule has 8 heteroatoms. The molecule has 1 N–H and O–H groups in total. The summed E-state index contributed by atoms with van der Waals surface area (Å²) < 4.78 is 10.7. The van der Waals surface area contributed by atoms with Crippen molar-refractivity contribution in [2.75, 3.05) is 12.1 Å². The van der Waals surface area contributed by atoms with Crippen molar-refractivity contribution in [3.8, 4) is 28.8 Å². The van der Waals surface area contributed by atoms with Gasteiger partial charge in [0.2, 0.25) is 6.79 Å². The Morgan fingerprint density at radius 1 is 1.15 bits per heavy atom. The highest BCUT2D eigenvalue weighted by atomic mass is 35.5. The second-order valence-electron chi connectivity index (χ2n) is 5.58. The molecular weight excluding hydrogens is 405 g/mol. The molecule has 3 aromatic rings. The van der Waals surface area contributed by atoms with E-state index in [0.29, 0.717) is 32.1 Å². The Balaban J connectivity index is 1.58. The molecule has 1 aliphatic heterocycles. The highest BCUT2D eigenvalue weighted by Crippen LogP contribution is 2.36. The molecule has 0 saturated carbocycles. The van der Waals surface area contributed by atoms with Crippen LogP contribution >= 0.6 is 34.5 Å². The number of allylic oxidation sites excluding steroid dienone is 1. The Labute approximate surface area is 169 Å². The van der Waals surface area contributed by atoms with Crippen LogP contribution in [0.3, 0.4) is 0 Å². The van der Waals surface area contributed by atoms with Gasteiger partial charge in [0.25, 0.3) is 0 Å². The topological polar surface area (TPSA) is 67.2 Å². The molecule has 0 atom stereocenters. The fraction of sp³-hybridized carbons (Fsp3) is 0.0526. The number of aromatic nitrogens is 1. The molecular formula is C19H11Cl2N3O2S. The van der Waals surface area contributed by atoms with Gasteiger partial charge in [0.05, 0.1) is 5.69 Å². The van der Waals surface area contributed by atoms with E-state index in [1.807, 2.05) is 23.6 Å². The van der Waals surface area contributed by atoms with Gasteiger partial charge in [-0.25, -0.2) is 4.98 Å². The van der Waals surface area contributed by atoms with Gasteiger partial charge in [0, 0.05) is 32.9 Å². The number of anilines is 1. The lowest BCUT2D eigenvalue weighted by molar-refractivity contribution is 0.174. The van der Waals surface area contributed by atoms with Gasteiger partial charge >= 0.3 is 0 Å². The first-order valence-electron chi connectivity index (χ1n) is 7.81. The van der Waals surface area contributed by atoms with Crippen LogP contribution in [0, 0.1) is 11.3 Å². The van der Waals surface area contributed by atoms with E-state index in [-0.39, 0.29) is 6.79 Å². The highest BCUT2D eigenvalue weighted by molar-refractivity contribution is 7.11. The maximum absolute atomic E-state index is 9.49. The maximum Gasteiger partial charge on any atom is 0.231 e. The van der Waals surface area contributed by atoms with Gasteiger partial charge in [-0.3, -0.25) is 0 Å². The first kappa shape index (κ1) is 17.7. The first-order valence-corrected chi connectivity index (χ1v) is 9.45. The zero-order chi connectivity index (χ0) is 18.8. The van der Waals surface area contributed by atoms with E-state index in [9.17, 15) is 5.26 Å². The molecule has 0 saturated heterocycles. The van der Waals surface area contributed by atoms with Gasteiger partial charge in [-0.15, -0.1) is 11.3 Å². The zero-order valence-electron chi connectivity index (χ0n) is 13.7. The Hall–Kier alpha value is -2.72. The lowest BCUT2D eigenvalue weighted by atomic mass is 10.1. The zero-order valence-corrected chi connectivity index (χ0v) is 16.0. The average Bonchev–Trinajstić information content (AvgIpc) is 3.30. The lowest BCUT2D eigenvalue weighted by Crippen LogP contribution is -1.92. The fourth-order valence-electron chi connectivity index (χ4n) is 2.52. The van der Waals surface area contributed by atoms with Crippen molar-refractivity contribution in [2.24, 2.45) is 0 Å². The molecule has 0 radical (unpaired) electrons. The summed E-state index contributed by atoms with van der Waals surface area (Å²) in [6.45, 7) is 0.224. The van der Waals surface area contributed by atoms with Gasteiger partial charge in [-0.2, -0.15) is 5.26 Å². The van der Waals surface area contributed by atoms with Crippen LogP contribution in [0.25, 0.3) is 16.8 Å². The third-order valence-corrected chi connectivity index (χ3v) is 5.08. The Morgan fingerprint density at radius 2 is 1.93 bits per heavy atom. The summed E-state index contributed by atoms with van der Waals surface area (Å²) in [5.41, 5.74) is 2.75. The van der Waals surface area contributed by atoms with Crippen molar-refractivity contribution < 1.29 is 9.47 Å². The molecule has 0 fully saturated rings. The van der Waals surface area contributed by atoms with Crippen molar-refractivity contribution in [3.05, 3.63) is 63.0 Å². The smallest absolute Gasteiger partial charge is 0.231 e. The quantitative estimate of drug-likeness (QED) is 0.543. The van der Waals surface area contributed by atoms with E-state index >= 15 is 0 Å². The third kappa shape index (κ3) is 3.86. The van der Waals surface area contributed by atoms with E-state index in [0.717, 1.165) is 17.0 Å². The standard InChI is InChI=1S/C19H11Cl2N3O2S/c20-13-4-14(21)6-15(5-13)23-8-12(7-22)19-24-16(9-27-19)11-1-2-17-18(3-11)26-10-25-17/h1-6,8-9,23H,10H2. The number of benzene rings is 2. The molecule has 0 unspecified atom stereocenters. The normalized spacial score (nSPS) is 12.7. The molecule has 134 valence electrons. The van der Waals surface area contributed by atoms with Crippen LogP contribution in [0.2, 0.25) is 10.0 Å². The van der Waals surface area contributed by atoms with Crippen LogP contribution in [0.4, 0.5) is 5.69 Å². The molecule has 0 bridgehead atoms. The monoisotopic (exact) mass is 415 g/mol. The number of nitriles is 1. The minimum Gasteiger partial charge on any atom is -0.454 e. The van der Waals surface area contributed by atoms with Gasteiger partial charge in [0.15, 0.2) is 11.5 Å². The predicted octanol–water partition coefficient (Wildman–Crippen LogP) is 5.82. The second-order valence-corrected chi connectivity index (χ2v) is 7.31. The van der Waals surface area contributed by atoms with E-state index in [4.69, 9.17) is 32.7 Å². The summed E-state index contributed by atoms with van der Waals surface area (Å²) in [5, 5.41) is 16.0. The van der Waals surface area contributed by atoms with Crippen LogP contribution in [-0.2, 0) is 0 Å². The van der Waals surface area contributed by atoms with Crippen molar-refractivity contribution in [2.45, 2.75) is 0 Å². The summed E-state index contributed by atoms with van der Waals surface area (Å²) in [4.78, 5) is 4.56. The number of hydrogen-bond donors (Lipinski definition) is 1. The molecule has 27 heavy (non-hydrogen) atoms. The van der Waals surface area contributed by atoms with E-state index in [1.165, 1.54) is 11.3 Å². The summed E-state index contributed by atoms with van der Waals surface area (Å²) in [5.74, 6) is 1.41. The number of ether oxygens (including phenoxy) is 2. The molecule has 0 amide bonds. The number of rotatable bonds is 4. The molecule has 0 aliphatic carbocycles. The molecule has 2 aromatic carbocycles. The summed E-state index contributed by atoms with van der Waals surface area (Å²) in [6.07, 6.45) is 1.59. The summed E-state index contributed by atoms with van der Waals surface area (Å²) in [7, 11) is 0. The predicted molar refractivity (Wildman–Crippen MR) is 107 cm³/mol. The second kappa shape index (κ2) is 7.49. The SMILES string of the molecule is N#CC(=CNc1cc(Cl)cc(Cl)c1)c1nc(-c2ccc3c(c2)OCO3)cs1. The molecule has 1 aliphatic rings. The number of fused-ring (bicyclic) bond motifs is 1. The van der Waals surface area contributed by atoms with Crippen molar-refractivity contribution in [3.63, 3.8) is 0 Å². The Kier molecular flexibility index (Phi) is 4.90. The van der Waals surface area contributed by atoms with Crippen LogP contribution < -0.4 is 14.8 Å². The Morgan fingerprint density at radius 3 is 2.70 bits per heavy atom. The van der Waals surface area contributed by atoms with Gasteiger partial charge in [-0.05, 0) is 36.4 Å². The highest BCUT2D eigenvalue weighted by Gasteiger charge is 2.16. The van der Waals surface area contributed by atoms with E-state index in [2.05, 4.69) is 16.4 Å². The summed E-state index contributed by atoms with van der Waals surface area (Å²) >= 11 is 13.4. The van der Waals surface area contributed by atoms with Crippen molar-refractivity contribution >= 4 is 45.8 Å². The Bertz CT molecular complexity index is 1070. The fourth-order valence-corrected chi connectivity index (χ4v) is 3.84. The lowest BCUT2D eigenvalue weighted by Gasteiger charge is -2.03. The van der Waals surface area contributed by atoms with E-state index in [1.54, 1.807) is 24.4 Å². The average molecular weight is 416 g/mol. The molecule has 5 nitrogen and oxygen atoms in total. The van der Waals surface area contributed by atoms with Gasteiger partial charge < -0.3 is 14.8 Å². The molecule has 2 heterocycles. The minimum atomic E-state index is 0.224. The largest absolute Gasteiger partial charge is 0.454 e. The first-order chi connectivity index (χ1) is 13.1. The van der Waals surface area contributed by atoms with E-state index < -0.39 is 0 Å².